The first-order valence-corrected chi connectivity index (χ1v) is 8.58. The summed E-state index contributed by atoms with van der Waals surface area (Å²) in [5.41, 5.74) is 6.90. The van der Waals surface area contributed by atoms with Gasteiger partial charge in [0.25, 0.3) is 0 Å². The Labute approximate surface area is 170 Å². The van der Waals surface area contributed by atoms with Gasteiger partial charge in [0.15, 0.2) is 11.5 Å². The molecule has 3 rings (SSSR count). The number of halogens is 1. The Kier molecular flexibility index (Phi) is 7.87. The molecule has 0 amide bonds. The van der Waals surface area contributed by atoms with Crippen molar-refractivity contribution in [2.24, 2.45) is 5.73 Å². The van der Waals surface area contributed by atoms with Crippen molar-refractivity contribution in [3.63, 3.8) is 0 Å². The second kappa shape index (κ2) is 10.3. The van der Waals surface area contributed by atoms with Gasteiger partial charge in [-0.25, -0.2) is 0 Å². The fourth-order valence-corrected chi connectivity index (χ4v) is 2.53. The first-order valence-electron chi connectivity index (χ1n) is 8.58. The Morgan fingerprint density at radius 3 is 1.93 bits per heavy atom. The highest BCUT2D eigenvalue weighted by Gasteiger charge is 2.16. The van der Waals surface area contributed by atoms with E-state index in [1.54, 1.807) is 12.1 Å². The molecule has 1 atom stereocenters. The Morgan fingerprint density at radius 1 is 0.857 bits per heavy atom. The van der Waals surface area contributed by atoms with E-state index < -0.39 is 6.04 Å². The van der Waals surface area contributed by atoms with Gasteiger partial charge in [0.1, 0.15) is 11.5 Å². The van der Waals surface area contributed by atoms with Gasteiger partial charge in [-0.3, -0.25) is 4.79 Å². The molecular formula is C22H22ClNO4. The highest BCUT2D eigenvalue weighted by Crippen LogP contribution is 2.37. The van der Waals surface area contributed by atoms with Gasteiger partial charge < -0.3 is 19.9 Å². The Balaban J connectivity index is 0.00000280. The van der Waals surface area contributed by atoms with E-state index >= 15 is 0 Å². The molecule has 146 valence electrons. The van der Waals surface area contributed by atoms with Gasteiger partial charge in [-0.05, 0) is 42.0 Å². The van der Waals surface area contributed by atoms with E-state index in [-0.39, 0.29) is 24.8 Å². The van der Waals surface area contributed by atoms with Crippen LogP contribution in [-0.2, 0) is 9.53 Å². The number of carbonyl (C=O) groups is 1. The quantitative estimate of drug-likeness (QED) is 0.549. The van der Waals surface area contributed by atoms with Crippen molar-refractivity contribution in [2.75, 3.05) is 7.11 Å². The monoisotopic (exact) mass is 399 g/mol. The average Bonchev–Trinajstić information content (AvgIpc) is 2.70. The third kappa shape index (κ3) is 5.74. The molecule has 0 fully saturated rings. The van der Waals surface area contributed by atoms with E-state index in [2.05, 4.69) is 0 Å². The highest BCUT2D eigenvalue weighted by atomic mass is 35.5. The summed E-state index contributed by atoms with van der Waals surface area (Å²) >= 11 is 0. The molecule has 6 heteroatoms. The summed E-state index contributed by atoms with van der Waals surface area (Å²) in [6.45, 7) is 0. The maximum Gasteiger partial charge on any atom is 0.307 e. The van der Waals surface area contributed by atoms with Crippen molar-refractivity contribution in [1.29, 1.82) is 0 Å². The Bertz CT molecular complexity index is 888. The number of benzene rings is 3. The van der Waals surface area contributed by atoms with Crippen LogP contribution in [-0.4, -0.2) is 13.1 Å². The minimum absolute atomic E-state index is 0. The van der Waals surface area contributed by atoms with Gasteiger partial charge in [0.05, 0.1) is 13.5 Å². The number of methoxy groups -OCH3 is 1. The van der Waals surface area contributed by atoms with E-state index in [0.717, 1.165) is 5.56 Å². The van der Waals surface area contributed by atoms with Crippen LogP contribution in [0.4, 0.5) is 0 Å². The van der Waals surface area contributed by atoms with E-state index in [1.807, 2.05) is 66.7 Å². The first kappa shape index (κ1) is 21.3. The van der Waals surface area contributed by atoms with Crippen molar-refractivity contribution in [2.45, 2.75) is 12.5 Å². The topological polar surface area (TPSA) is 70.8 Å². The van der Waals surface area contributed by atoms with E-state index in [0.29, 0.717) is 23.0 Å². The average molecular weight is 400 g/mol. The third-order valence-corrected chi connectivity index (χ3v) is 3.95. The molecule has 3 aromatic rings. The van der Waals surface area contributed by atoms with Crippen molar-refractivity contribution in [1.82, 2.24) is 0 Å². The van der Waals surface area contributed by atoms with Crippen LogP contribution in [0, 0.1) is 0 Å². The number of para-hydroxylation sites is 2. The largest absolute Gasteiger partial charge is 0.469 e. The van der Waals surface area contributed by atoms with Crippen LogP contribution in [0.3, 0.4) is 0 Å². The third-order valence-electron chi connectivity index (χ3n) is 3.95. The summed E-state index contributed by atoms with van der Waals surface area (Å²) in [7, 11) is 1.34. The number of rotatable bonds is 7. The molecule has 0 heterocycles. The molecule has 0 spiro atoms. The maximum absolute atomic E-state index is 11.5. The molecule has 0 saturated carbocycles. The second-order valence-electron chi connectivity index (χ2n) is 5.92. The number of carbonyl (C=O) groups excluding carboxylic acids is 1. The van der Waals surface area contributed by atoms with Gasteiger partial charge in [-0.1, -0.05) is 42.5 Å². The predicted octanol–water partition coefficient (Wildman–Crippen LogP) is 5.26. The minimum atomic E-state index is -0.499. The molecule has 0 aliphatic rings. The molecule has 3 aromatic carbocycles. The zero-order valence-electron chi connectivity index (χ0n) is 15.4. The van der Waals surface area contributed by atoms with Gasteiger partial charge in [0.2, 0.25) is 0 Å². The number of nitrogens with two attached hydrogens (primary N) is 1. The number of ether oxygens (including phenoxy) is 3. The summed E-state index contributed by atoms with van der Waals surface area (Å²) in [6, 6.07) is 23.7. The lowest BCUT2D eigenvalue weighted by molar-refractivity contribution is -0.141. The van der Waals surface area contributed by atoms with Crippen LogP contribution in [0.2, 0.25) is 0 Å². The van der Waals surface area contributed by atoms with Crippen LogP contribution < -0.4 is 15.2 Å². The van der Waals surface area contributed by atoms with Crippen LogP contribution in [0.5, 0.6) is 23.0 Å². The molecule has 5 nitrogen and oxygen atoms in total. The Morgan fingerprint density at radius 2 is 1.39 bits per heavy atom. The molecule has 0 unspecified atom stereocenters. The zero-order valence-corrected chi connectivity index (χ0v) is 16.2. The highest BCUT2D eigenvalue weighted by molar-refractivity contribution is 5.85. The van der Waals surface area contributed by atoms with Crippen LogP contribution in [0.1, 0.15) is 18.0 Å². The van der Waals surface area contributed by atoms with Crippen molar-refractivity contribution in [3.8, 4) is 23.0 Å². The normalized spacial score (nSPS) is 11.1. The molecule has 0 saturated heterocycles. The smallest absolute Gasteiger partial charge is 0.307 e. The van der Waals surface area contributed by atoms with Crippen molar-refractivity contribution < 1.29 is 19.0 Å². The van der Waals surface area contributed by atoms with E-state index in [1.165, 1.54) is 7.11 Å². The van der Waals surface area contributed by atoms with Crippen LogP contribution in [0.15, 0.2) is 78.9 Å². The maximum atomic E-state index is 11.5. The van der Waals surface area contributed by atoms with Crippen LogP contribution >= 0.6 is 12.4 Å². The number of hydrogen-bond donors (Lipinski definition) is 1. The molecule has 0 radical (unpaired) electrons. The summed E-state index contributed by atoms with van der Waals surface area (Å²) in [5, 5.41) is 0. The van der Waals surface area contributed by atoms with Crippen molar-refractivity contribution in [3.05, 3.63) is 84.4 Å². The molecular weight excluding hydrogens is 378 g/mol. The molecule has 28 heavy (non-hydrogen) atoms. The zero-order chi connectivity index (χ0) is 19.1. The Hall–Kier alpha value is -3.02. The molecule has 0 aliphatic heterocycles. The van der Waals surface area contributed by atoms with Crippen LogP contribution in [0.25, 0.3) is 0 Å². The lowest BCUT2D eigenvalue weighted by Gasteiger charge is -2.16. The summed E-state index contributed by atoms with van der Waals surface area (Å²) in [5.74, 6) is 2.08. The molecule has 2 N–H and O–H groups in total. The van der Waals surface area contributed by atoms with Gasteiger partial charge in [-0.2, -0.15) is 0 Å². The van der Waals surface area contributed by atoms with E-state index in [4.69, 9.17) is 19.9 Å². The minimum Gasteiger partial charge on any atom is -0.469 e. The van der Waals surface area contributed by atoms with Gasteiger partial charge >= 0.3 is 5.97 Å². The summed E-state index contributed by atoms with van der Waals surface area (Å²) in [6.07, 6.45) is 0.0835. The van der Waals surface area contributed by atoms with Gasteiger partial charge in [0, 0.05) is 6.04 Å². The standard InChI is InChI=1S/C22H21NO4.ClH/c1-25-22(24)15-19(23)16-12-13-20(26-17-8-4-2-5-9-17)21(14-16)27-18-10-6-3-7-11-18;/h2-14,19H,15,23H2,1H3;1H/t19-;/m1./s1. The lowest BCUT2D eigenvalue weighted by atomic mass is 10.0. The number of hydrogen-bond acceptors (Lipinski definition) is 5. The predicted molar refractivity (Wildman–Crippen MR) is 110 cm³/mol. The van der Waals surface area contributed by atoms with Crippen molar-refractivity contribution >= 4 is 18.4 Å². The fraction of sp³-hybridized carbons (Fsp3) is 0.136. The second-order valence-corrected chi connectivity index (χ2v) is 5.92. The number of esters is 1. The van der Waals surface area contributed by atoms with E-state index in [9.17, 15) is 4.79 Å². The SMILES string of the molecule is COC(=O)C[C@@H](N)c1ccc(Oc2ccccc2)c(Oc2ccccc2)c1.Cl. The molecule has 0 aromatic heterocycles. The fourth-order valence-electron chi connectivity index (χ4n) is 2.53. The summed E-state index contributed by atoms with van der Waals surface area (Å²) < 4.78 is 16.7. The molecule has 0 aliphatic carbocycles. The first-order chi connectivity index (χ1) is 13.2. The lowest BCUT2D eigenvalue weighted by Crippen LogP contribution is -2.16. The summed E-state index contributed by atoms with van der Waals surface area (Å²) in [4.78, 5) is 11.5. The molecule has 0 bridgehead atoms. The van der Waals surface area contributed by atoms with Gasteiger partial charge in [-0.15, -0.1) is 12.4 Å².